The topological polar surface area (TPSA) is 0 Å². The second-order valence-corrected chi connectivity index (χ2v) is 7.19. The van der Waals surface area contributed by atoms with Crippen LogP contribution in [0.3, 0.4) is 0 Å². The molecule has 0 nitrogen and oxygen atoms in total. The molecule has 0 spiro atoms. The molecule has 0 radical (unpaired) electrons. The molecule has 0 heterocycles. The van der Waals surface area contributed by atoms with E-state index in [2.05, 4.69) is 91.0 Å². The van der Waals surface area contributed by atoms with Gasteiger partial charge in [0.1, 0.15) is 0 Å². The molecule has 0 aliphatic heterocycles. The highest BCUT2D eigenvalue weighted by atomic mass is 32.2. The smallest absolute Gasteiger partial charge is 0.0504 e. The van der Waals surface area contributed by atoms with Gasteiger partial charge in [0, 0.05) is 9.79 Å². The molecule has 3 aromatic rings. The number of hydrogen-bond acceptors (Lipinski definition) is 2. The number of benzene rings is 3. The van der Waals surface area contributed by atoms with E-state index in [0.717, 1.165) is 0 Å². The van der Waals surface area contributed by atoms with Crippen molar-refractivity contribution in [2.75, 3.05) is 0 Å². The monoisotopic (exact) mass is 320 g/mol. The molecule has 3 rings (SSSR count). The summed E-state index contributed by atoms with van der Waals surface area (Å²) in [6, 6.07) is 31.5. The lowest BCUT2D eigenvalue weighted by Gasteiger charge is -2.07. The van der Waals surface area contributed by atoms with Gasteiger partial charge in [-0.25, -0.2) is 0 Å². The maximum Gasteiger partial charge on any atom is 0.0504 e. The third kappa shape index (κ3) is 4.55. The average molecular weight is 320 g/mol. The van der Waals surface area contributed by atoms with E-state index in [1.54, 1.807) is 23.5 Å². The van der Waals surface area contributed by atoms with Crippen molar-refractivity contribution in [3.63, 3.8) is 0 Å². The third-order valence-corrected chi connectivity index (χ3v) is 5.16. The Bertz CT molecular complexity index is 676. The van der Waals surface area contributed by atoms with Crippen LogP contribution in [-0.4, -0.2) is 0 Å². The van der Waals surface area contributed by atoms with Crippen molar-refractivity contribution in [3.05, 3.63) is 101 Å². The fourth-order valence-corrected chi connectivity index (χ4v) is 4.16. The molecular weight excluding hydrogens is 304 g/mol. The van der Waals surface area contributed by atoms with Crippen LogP contribution < -0.4 is 0 Å². The number of rotatable bonds is 5. The zero-order valence-corrected chi connectivity index (χ0v) is 13.7. The Hall–Kier alpha value is -1.90. The molecule has 0 saturated carbocycles. The van der Waals surface area contributed by atoms with E-state index in [4.69, 9.17) is 0 Å². The van der Waals surface area contributed by atoms with Crippen LogP contribution in [0.25, 0.3) is 6.08 Å². The average Bonchev–Trinajstić information content (AvgIpc) is 2.57. The molecule has 0 bridgehead atoms. The summed E-state index contributed by atoms with van der Waals surface area (Å²) < 4.78 is 1.27. The third-order valence-electron chi connectivity index (χ3n) is 3.01. The van der Waals surface area contributed by atoms with Crippen LogP contribution in [0.2, 0.25) is 0 Å². The molecule has 0 N–H and O–H groups in total. The predicted molar refractivity (Wildman–Crippen MR) is 99.0 cm³/mol. The molecular formula is C20H16S2. The summed E-state index contributed by atoms with van der Waals surface area (Å²) in [7, 11) is 0. The Morgan fingerprint density at radius 3 is 1.41 bits per heavy atom. The molecule has 0 amide bonds. The first kappa shape index (κ1) is 15.0. The highest BCUT2D eigenvalue weighted by Crippen LogP contribution is 2.40. The quantitative estimate of drug-likeness (QED) is 0.488. The summed E-state index contributed by atoms with van der Waals surface area (Å²) in [4.78, 5) is 2.52. The van der Waals surface area contributed by atoms with Crippen LogP contribution in [-0.2, 0) is 0 Å². The Kier molecular flexibility index (Phi) is 5.41. The van der Waals surface area contributed by atoms with E-state index in [9.17, 15) is 0 Å². The van der Waals surface area contributed by atoms with Crippen LogP contribution in [0.4, 0.5) is 0 Å². The fourth-order valence-electron chi connectivity index (χ4n) is 1.97. The minimum atomic E-state index is 1.23. The Labute approximate surface area is 140 Å². The lowest BCUT2D eigenvalue weighted by Crippen LogP contribution is -1.77. The molecule has 0 saturated heterocycles. The molecule has 22 heavy (non-hydrogen) atoms. The Balaban J connectivity index is 1.86. The first-order valence-corrected chi connectivity index (χ1v) is 8.76. The number of thioether (sulfide) groups is 2. The van der Waals surface area contributed by atoms with Gasteiger partial charge in [0.15, 0.2) is 0 Å². The highest BCUT2D eigenvalue weighted by molar-refractivity contribution is 8.22. The minimum absolute atomic E-state index is 1.23. The maximum absolute atomic E-state index is 2.25. The first-order valence-electron chi connectivity index (χ1n) is 7.13. The second-order valence-electron chi connectivity index (χ2n) is 4.70. The molecule has 3 aromatic carbocycles. The van der Waals surface area contributed by atoms with Gasteiger partial charge in [0.25, 0.3) is 0 Å². The lowest BCUT2D eigenvalue weighted by atomic mass is 10.2. The van der Waals surface area contributed by atoms with Crippen molar-refractivity contribution in [1.29, 1.82) is 0 Å². The summed E-state index contributed by atoms with van der Waals surface area (Å²) in [6.07, 6.45) is 2.25. The molecule has 108 valence electrons. The molecule has 0 aromatic heterocycles. The molecule has 0 fully saturated rings. The van der Waals surface area contributed by atoms with Gasteiger partial charge in [-0.3, -0.25) is 0 Å². The van der Waals surface area contributed by atoms with Crippen molar-refractivity contribution in [3.8, 4) is 0 Å². The van der Waals surface area contributed by atoms with Gasteiger partial charge in [-0.05, 0) is 35.9 Å². The first-order chi connectivity index (χ1) is 10.9. The van der Waals surface area contributed by atoms with Crippen LogP contribution in [0, 0.1) is 0 Å². The van der Waals surface area contributed by atoms with Gasteiger partial charge >= 0.3 is 0 Å². The normalized spacial score (nSPS) is 10.2. The zero-order chi connectivity index (χ0) is 15.0. The van der Waals surface area contributed by atoms with Crippen molar-refractivity contribution >= 4 is 29.6 Å². The number of hydrogen-bond donors (Lipinski definition) is 0. The van der Waals surface area contributed by atoms with Gasteiger partial charge in [-0.1, -0.05) is 90.3 Å². The zero-order valence-electron chi connectivity index (χ0n) is 12.1. The van der Waals surface area contributed by atoms with Crippen molar-refractivity contribution in [2.24, 2.45) is 0 Å². The van der Waals surface area contributed by atoms with Crippen LogP contribution in [0.15, 0.2) is 105 Å². The molecule has 2 heteroatoms. The minimum Gasteiger partial charge on any atom is -0.0827 e. The van der Waals surface area contributed by atoms with Gasteiger partial charge < -0.3 is 0 Å². The Morgan fingerprint density at radius 1 is 0.545 bits per heavy atom. The van der Waals surface area contributed by atoms with E-state index in [1.807, 2.05) is 6.07 Å². The molecule has 0 aliphatic carbocycles. The van der Waals surface area contributed by atoms with E-state index in [0.29, 0.717) is 0 Å². The summed E-state index contributed by atoms with van der Waals surface area (Å²) in [5, 5.41) is 0. The summed E-state index contributed by atoms with van der Waals surface area (Å²) in [5.74, 6) is 0. The summed E-state index contributed by atoms with van der Waals surface area (Å²) >= 11 is 3.60. The van der Waals surface area contributed by atoms with E-state index >= 15 is 0 Å². The Morgan fingerprint density at radius 2 is 0.955 bits per heavy atom. The van der Waals surface area contributed by atoms with Crippen LogP contribution >= 0.6 is 23.5 Å². The van der Waals surface area contributed by atoms with E-state index < -0.39 is 0 Å². The van der Waals surface area contributed by atoms with Crippen molar-refractivity contribution in [1.82, 2.24) is 0 Å². The predicted octanol–water partition coefficient (Wildman–Crippen LogP) is 6.57. The molecule has 0 unspecified atom stereocenters. The van der Waals surface area contributed by atoms with Crippen LogP contribution in [0.5, 0.6) is 0 Å². The van der Waals surface area contributed by atoms with Crippen molar-refractivity contribution in [2.45, 2.75) is 9.79 Å². The van der Waals surface area contributed by atoms with Gasteiger partial charge in [0.05, 0.1) is 4.24 Å². The molecule has 0 atom stereocenters. The van der Waals surface area contributed by atoms with Gasteiger partial charge in [-0.2, -0.15) is 0 Å². The SMILES string of the molecule is C(=C(Sc1ccccc1)Sc1ccccc1)c1ccccc1. The van der Waals surface area contributed by atoms with E-state index in [-0.39, 0.29) is 0 Å². The van der Waals surface area contributed by atoms with E-state index in [1.165, 1.54) is 19.6 Å². The fraction of sp³-hybridized carbons (Fsp3) is 0. The maximum atomic E-state index is 2.25. The van der Waals surface area contributed by atoms with Crippen LogP contribution in [0.1, 0.15) is 5.56 Å². The summed E-state index contributed by atoms with van der Waals surface area (Å²) in [5.41, 5.74) is 1.23. The highest BCUT2D eigenvalue weighted by Gasteiger charge is 2.04. The van der Waals surface area contributed by atoms with Gasteiger partial charge in [-0.15, -0.1) is 0 Å². The van der Waals surface area contributed by atoms with Gasteiger partial charge in [0.2, 0.25) is 0 Å². The lowest BCUT2D eigenvalue weighted by molar-refractivity contribution is 1.46. The van der Waals surface area contributed by atoms with Crippen molar-refractivity contribution < 1.29 is 0 Å². The standard InChI is InChI=1S/C20H16S2/c1-4-10-17(11-5-1)16-20(21-18-12-6-2-7-13-18)22-19-14-8-3-9-15-19/h1-16H. The second kappa shape index (κ2) is 7.92. The summed E-state index contributed by atoms with van der Waals surface area (Å²) in [6.45, 7) is 0. The largest absolute Gasteiger partial charge is 0.0827 e. The molecule has 0 aliphatic rings.